The predicted molar refractivity (Wildman–Crippen MR) is 54.0 cm³/mol. The Morgan fingerprint density at radius 3 is 2.81 bits per heavy atom. The standard InChI is InChI=1S/C6H5N5O4S/c12-6-9(1-2-10(6)8-13)5-7-3-4(16-5)11(14)15/h3H,1-2H2. The molecule has 0 radical (unpaired) electrons. The first kappa shape index (κ1) is 10.4. The summed E-state index contributed by atoms with van der Waals surface area (Å²) in [6.45, 7) is 0.408. The van der Waals surface area contributed by atoms with Crippen LogP contribution in [-0.4, -0.2) is 34.0 Å². The van der Waals surface area contributed by atoms with Crippen molar-refractivity contribution >= 4 is 27.5 Å². The molecular weight excluding hydrogens is 238 g/mol. The molecule has 1 saturated heterocycles. The summed E-state index contributed by atoms with van der Waals surface area (Å²) < 4.78 is 0. The van der Waals surface area contributed by atoms with Crippen LogP contribution in [0.4, 0.5) is 14.9 Å². The molecule has 0 bridgehead atoms. The zero-order valence-electron chi connectivity index (χ0n) is 7.77. The second-order valence-electron chi connectivity index (χ2n) is 2.88. The summed E-state index contributed by atoms with van der Waals surface area (Å²) in [6.07, 6.45) is 1.07. The number of carbonyl (C=O) groups excluding carboxylic acids is 1. The van der Waals surface area contributed by atoms with Gasteiger partial charge in [0, 0.05) is 6.54 Å². The van der Waals surface area contributed by atoms with Gasteiger partial charge in [-0.15, -0.1) is 4.91 Å². The molecule has 0 aliphatic carbocycles. The van der Waals surface area contributed by atoms with Crippen molar-refractivity contribution in [1.29, 1.82) is 0 Å². The largest absolute Gasteiger partial charge is 0.349 e. The first-order valence-electron chi connectivity index (χ1n) is 4.16. The van der Waals surface area contributed by atoms with Gasteiger partial charge in [0.15, 0.2) is 5.13 Å². The van der Waals surface area contributed by atoms with E-state index >= 15 is 0 Å². The van der Waals surface area contributed by atoms with Crippen LogP contribution in [0.15, 0.2) is 11.5 Å². The van der Waals surface area contributed by atoms with Crippen molar-refractivity contribution in [3.63, 3.8) is 0 Å². The van der Waals surface area contributed by atoms with Gasteiger partial charge in [-0.25, -0.2) is 9.78 Å². The van der Waals surface area contributed by atoms with Crippen LogP contribution in [0.1, 0.15) is 0 Å². The van der Waals surface area contributed by atoms with E-state index in [-0.39, 0.29) is 23.2 Å². The van der Waals surface area contributed by atoms with Crippen LogP contribution in [0.2, 0.25) is 0 Å². The summed E-state index contributed by atoms with van der Waals surface area (Å²) >= 11 is 0.779. The quantitative estimate of drug-likeness (QED) is 0.446. The number of aromatic nitrogens is 1. The van der Waals surface area contributed by atoms with Gasteiger partial charge in [-0.05, 0) is 11.3 Å². The minimum Gasteiger partial charge on any atom is -0.266 e. The number of urea groups is 1. The maximum Gasteiger partial charge on any atom is 0.349 e. The van der Waals surface area contributed by atoms with Crippen molar-refractivity contribution in [3.05, 3.63) is 21.2 Å². The maximum absolute atomic E-state index is 11.5. The van der Waals surface area contributed by atoms with Crippen LogP contribution in [0.3, 0.4) is 0 Å². The van der Waals surface area contributed by atoms with Gasteiger partial charge in [-0.3, -0.25) is 15.0 Å². The van der Waals surface area contributed by atoms with E-state index in [1.165, 1.54) is 4.90 Å². The smallest absolute Gasteiger partial charge is 0.266 e. The minimum absolute atomic E-state index is 0.152. The fourth-order valence-corrected chi connectivity index (χ4v) is 2.00. The van der Waals surface area contributed by atoms with Crippen molar-refractivity contribution in [1.82, 2.24) is 9.99 Å². The van der Waals surface area contributed by atoms with E-state index in [4.69, 9.17) is 0 Å². The van der Waals surface area contributed by atoms with Gasteiger partial charge in [-0.2, -0.15) is 5.01 Å². The highest BCUT2D eigenvalue weighted by atomic mass is 32.1. The molecule has 10 heteroatoms. The second kappa shape index (κ2) is 3.81. The summed E-state index contributed by atoms with van der Waals surface area (Å²) in [5.74, 6) is 0. The van der Waals surface area contributed by atoms with Crippen molar-refractivity contribution in [2.24, 2.45) is 5.29 Å². The number of carbonyl (C=O) groups is 1. The van der Waals surface area contributed by atoms with Crippen molar-refractivity contribution in [2.75, 3.05) is 18.0 Å². The van der Waals surface area contributed by atoms with E-state index in [0.29, 0.717) is 0 Å². The summed E-state index contributed by atoms with van der Waals surface area (Å²) in [5.41, 5.74) is 0. The molecule has 2 amide bonds. The molecule has 16 heavy (non-hydrogen) atoms. The first-order valence-corrected chi connectivity index (χ1v) is 4.97. The third kappa shape index (κ3) is 1.58. The third-order valence-electron chi connectivity index (χ3n) is 1.98. The molecular formula is C6H5N5O4S. The lowest BCUT2D eigenvalue weighted by Gasteiger charge is -2.09. The van der Waals surface area contributed by atoms with E-state index < -0.39 is 11.0 Å². The monoisotopic (exact) mass is 243 g/mol. The van der Waals surface area contributed by atoms with Crippen molar-refractivity contribution in [2.45, 2.75) is 0 Å². The van der Waals surface area contributed by atoms with Crippen LogP contribution >= 0.6 is 11.3 Å². The number of hydrogen-bond donors (Lipinski definition) is 0. The van der Waals surface area contributed by atoms with Gasteiger partial charge in [0.25, 0.3) is 0 Å². The lowest BCUT2D eigenvalue weighted by atomic mass is 10.6. The van der Waals surface area contributed by atoms with Gasteiger partial charge >= 0.3 is 11.0 Å². The van der Waals surface area contributed by atoms with Gasteiger partial charge in [0.1, 0.15) is 6.20 Å². The molecule has 1 aromatic heterocycles. The average molecular weight is 243 g/mol. The number of hydrogen-bond acceptors (Lipinski definition) is 7. The van der Waals surface area contributed by atoms with Crippen LogP contribution in [-0.2, 0) is 0 Å². The van der Waals surface area contributed by atoms with E-state index in [1.54, 1.807) is 0 Å². The molecule has 0 aromatic carbocycles. The van der Waals surface area contributed by atoms with Gasteiger partial charge in [0.05, 0.1) is 16.8 Å². The highest BCUT2D eigenvalue weighted by Gasteiger charge is 2.33. The normalized spacial score (nSPS) is 15.6. The number of nitroso groups, excluding NO2 is 1. The fraction of sp³-hybridized carbons (Fsp3) is 0.333. The Hall–Kier alpha value is -2.10. The molecule has 1 aromatic rings. The van der Waals surface area contributed by atoms with Crippen LogP contribution in [0.5, 0.6) is 0 Å². The van der Waals surface area contributed by atoms with Gasteiger partial charge in [0.2, 0.25) is 0 Å². The molecule has 0 N–H and O–H groups in total. The molecule has 1 fully saturated rings. The van der Waals surface area contributed by atoms with Gasteiger partial charge in [-0.1, -0.05) is 0 Å². The number of nitro groups is 1. The third-order valence-corrected chi connectivity index (χ3v) is 2.95. The van der Waals surface area contributed by atoms with E-state index in [9.17, 15) is 19.8 Å². The van der Waals surface area contributed by atoms with Crippen LogP contribution in [0, 0.1) is 15.0 Å². The Morgan fingerprint density at radius 2 is 2.31 bits per heavy atom. The second-order valence-corrected chi connectivity index (χ2v) is 3.86. The molecule has 0 atom stereocenters. The summed E-state index contributed by atoms with van der Waals surface area (Å²) in [7, 11) is 0. The minimum atomic E-state index is -0.612. The molecule has 0 unspecified atom stereocenters. The Labute approximate surface area is 92.4 Å². The topological polar surface area (TPSA) is 109 Å². The van der Waals surface area contributed by atoms with E-state index in [0.717, 1.165) is 22.5 Å². The highest BCUT2D eigenvalue weighted by molar-refractivity contribution is 7.18. The van der Waals surface area contributed by atoms with Crippen LogP contribution in [0.25, 0.3) is 0 Å². The predicted octanol–water partition coefficient (Wildman–Crippen LogP) is 0.975. The number of nitrogens with zero attached hydrogens (tertiary/aromatic N) is 5. The summed E-state index contributed by atoms with van der Waals surface area (Å²) in [5, 5.41) is 13.7. The number of rotatable bonds is 3. The van der Waals surface area contributed by atoms with Gasteiger partial charge < -0.3 is 0 Å². The Kier molecular flexibility index (Phi) is 2.48. The molecule has 0 spiro atoms. The van der Waals surface area contributed by atoms with E-state index in [2.05, 4.69) is 10.3 Å². The molecule has 2 heterocycles. The average Bonchev–Trinajstić information content (AvgIpc) is 2.83. The molecule has 1 aliphatic heterocycles. The Balaban J connectivity index is 2.22. The number of amides is 2. The maximum atomic E-state index is 11.5. The fourth-order valence-electron chi connectivity index (χ4n) is 1.24. The zero-order valence-corrected chi connectivity index (χ0v) is 8.59. The van der Waals surface area contributed by atoms with Crippen molar-refractivity contribution < 1.29 is 9.72 Å². The zero-order chi connectivity index (χ0) is 11.7. The molecule has 0 saturated carbocycles. The molecule has 9 nitrogen and oxygen atoms in total. The molecule has 84 valence electrons. The number of thiazole rings is 1. The summed E-state index contributed by atoms with van der Waals surface area (Å²) in [6, 6.07) is -0.612. The van der Waals surface area contributed by atoms with E-state index in [1.807, 2.05) is 0 Å². The van der Waals surface area contributed by atoms with Crippen molar-refractivity contribution in [3.8, 4) is 0 Å². The molecule has 1 aliphatic rings. The Morgan fingerprint density at radius 1 is 1.56 bits per heavy atom. The summed E-state index contributed by atoms with van der Waals surface area (Å²) in [4.78, 5) is 36.5. The van der Waals surface area contributed by atoms with Crippen LogP contribution < -0.4 is 4.90 Å². The number of anilines is 1. The SMILES string of the molecule is O=NN1CCN(c2ncc([N+](=O)[O-])s2)C1=O. The highest BCUT2D eigenvalue weighted by Crippen LogP contribution is 2.30. The Bertz CT molecular complexity index is 460. The lowest BCUT2D eigenvalue weighted by Crippen LogP contribution is -2.28. The lowest BCUT2D eigenvalue weighted by molar-refractivity contribution is -0.380. The molecule has 2 rings (SSSR count). The first-order chi connectivity index (χ1) is 7.63.